The Morgan fingerprint density at radius 2 is 2.29 bits per heavy atom. The smallest absolute Gasteiger partial charge is 0.271 e. The molecule has 21 heavy (non-hydrogen) atoms. The molecule has 0 radical (unpaired) electrons. The van der Waals surface area contributed by atoms with E-state index in [1.165, 1.54) is 19.2 Å². The van der Waals surface area contributed by atoms with Gasteiger partial charge in [-0.05, 0) is 12.5 Å². The van der Waals surface area contributed by atoms with Gasteiger partial charge in [0.25, 0.3) is 5.69 Å². The van der Waals surface area contributed by atoms with Gasteiger partial charge in [-0.15, -0.1) is 0 Å². The second kappa shape index (κ2) is 6.61. The molecular weight excluding hydrogens is 278 g/mol. The molecule has 2 N–H and O–H groups in total. The zero-order valence-electron chi connectivity index (χ0n) is 11.5. The number of rotatable bonds is 7. The summed E-state index contributed by atoms with van der Waals surface area (Å²) in [6.45, 7) is 0.212. The molecule has 0 aliphatic heterocycles. The van der Waals surface area contributed by atoms with Gasteiger partial charge in [0.2, 0.25) is 0 Å². The highest BCUT2D eigenvalue weighted by Crippen LogP contribution is 2.20. The van der Waals surface area contributed by atoms with Gasteiger partial charge in [-0.2, -0.15) is 0 Å². The lowest BCUT2D eigenvalue weighted by molar-refractivity contribution is -0.384. The van der Waals surface area contributed by atoms with Crippen molar-refractivity contribution < 1.29 is 19.9 Å². The Balaban J connectivity index is 2.11. The van der Waals surface area contributed by atoms with Crippen LogP contribution in [0.4, 0.5) is 5.69 Å². The van der Waals surface area contributed by atoms with Crippen molar-refractivity contribution in [3.63, 3.8) is 0 Å². The summed E-state index contributed by atoms with van der Waals surface area (Å²) in [5.41, 5.74) is 1.28. The van der Waals surface area contributed by atoms with Crippen LogP contribution in [0.3, 0.4) is 0 Å². The maximum atomic E-state index is 10.7. The first-order valence-corrected chi connectivity index (χ1v) is 6.47. The van der Waals surface area contributed by atoms with Crippen LogP contribution in [0.5, 0.6) is 0 Å². The van der Waals surface area contributed by atoms with Crippen molar-refractivity contribution >= 4 is 16.7 Å². The highest BCUT2D eigenvalue weighted by Gasteiger charge is 2.18. The van der Waals surface area contributed by atoms with Crippen molar-refractivity contribution in [3.05, 3.63) is 34.6 Å². The fourth-order valence-corrected chi connectivity index (χ4v) is 2.15. The lowest BCUT2D eigenvalue weighted by Gasteiger charge is -2.19. The predicted octanol–water partition coefficient (Wildman–Crippen LogP) is 0.703. The van der Waals surface area contributed by atoms with Gasteiger partial charge in [0.15, 0.2) is 0 Å². The normalized spacial score (nSPS) is 14.2. The van der Waals surface area contributed by atoms with Crippen LogP contribution in [-0.4, -0.2) is 50.6 Å². The zero-order valence-corrected chi connectivity index (χ0v) is 11.5. The number of aromatic nitrogens is 2. The van der Waals surface area contributed by atoms with Crippen molar-refractivity contribution in [2.45, 2.75) is 25.2 Å². The summed E-state index contributed by atoms with van der Waals surface area (Å²) in [4.78, 5) is 14.4. The van der Waals surface area contributed by atoms with Crippen LogP contribution in [0.15, 0.2) is 24.5 Å². The van der Waals surface area contributed by atoms with Crippen LogP contribution < -0.4 is 0 Å². The Morgan fingerprint density at radius 1 is 1.52 bits per heavy atom. The largest absolute Gasteiger partial charge is 0.394 e. The average molecular weight is 295 g/mol. The van der Waals surface area contributed by atoms with Gasteiger partial charge in [-0.1, -0.05) is 0 Å². The number of nitro groups is 1. The van der Waals surface area contributed by atoms with Gasteiger partial charge in [0, 0.05) is 25.8 Å². The number of ether oxygens (including phenoxy) is 1. The van der Waals surface area contributed by atoms with Crippen LogP contribution in [0, 0.1) is 10.1 Å². The molecule has 1 aromatic carbocycles. The number of methoxy groups -OCH3 is 1. The number of aliphatic hydroxyl groups is 2. The number of aryl methyl sites for hydroxylation is 1. The average Bonchev–Trinajstić information content (AvgIpc) is 2.88. The van der Waals surface area contributed by atoms with Gasteiger partial charge in [-0.3, -0.25) is 10.1 Å². The maximum Gasteiger partial charge on any atom is 0.271 e. The molecule has 8 heteroatoms. The SMILES string of the molecule is COC(CO)C(O)CCn1cnc2cc([N+](=O)[O-])ccc21. The quantitative estimate of drug-likeness (QED) is 0.574. The predicted molar refractivity (Wildman–Crippen MR) is 74.9 cm³/mol. The maximum absolute atomic E-state index is 10.7. The molecule has 1 aromatic heterocycles. The van der Waals surface area contributed by atoms with Gasteiger partial charge in [0.1, 0.15) is 6.10 Å². The monoisotopic (exact) mass is 295 g/mol. The van der Waals surface area contributed by atoms with Crippen LogP contribution in [0.25, 0.3) is 11.0 Å². The van der Waals surface area contributed by atoms with Crippen LogP contribution in [0.2, 0.25) is 0 Å². The number of nitro benzene ring substituents is 1. The fraction of sp³-hybridized carbons (Fsp3) is 0.462. The number of imidazole rings is 1. The van der Waals surface area contributed by atoms with E-state index in [1.54, 1.807) is 17.0 Å². The topological polar surface area (TPSA) is 111 Å². The molecule has 0 aliphatic carbocycles. The van der Waals surface area contributed by atoms with Crippen molar-refractivity contribution in [2.24, 2.45) is 0 Å². The molecule has 0 saturated carbocycles. The van der Waals surface area contributed by atoms with Gasteiger partial charge >= 0.3 is 0 Å². The molecule has 0 fully saturated rings. The Hall–Kier alpha value is -2.03. The van der Waals surface area contributed by atoms with E-state index in [9.17, 15) is 15.2 Å². The summed E-state index contributed by atoms with van der Waals surface area (Å²) in [5, 5.41) is 29.6. The zero-order chi connectivity index (χ0) is 15.4. The molecule has 0 saturated heterocycles. The third-order valence-electron chi connectivity index (χ3n) is 3.39. The Labute approximate surface area is 120 Å². The van der Waals surface area contributed by atoms with E-state index < -0.39 is 17.1 Å². The van der Waals surface area contributed by atoms with Gasteiger partial charge in [-0.25, -0.2) is 4.98 Å². The van der Waals surface area contributed by atoms with Crippen LogP contribution in [0.1, 0.15) is 6.42 Å². The lowest BCUT2D eigenvalue weighted by atomic mass is 10.1. The molecule has 8 nitrogen and oxygen atoms in total. The highest BCUT2D eigenvalue weighted by atomic mass is 16.6. The minimum atomic E-state index is -0.796. The number of hydrogen-bond donors (Lipinski definition) is 2. The summed E-state index contributed by atoms with van der Waals surface area (Å²) in [5.74, 6) is 0. The molecular formula is C13H17N3O5. The molecule has 0 amide bonds. The summed E-state index contributed by atoms with van der Waals surface area (Å²) in [6.07, 6.45) is 0.528. The van der Waals surface area contributed by atoms with Crippen molar-refractivity contribution in [1.29, 1.82) is 0 Å². The number of fused-ring (bicyclic) bond motifs is 1. The van der Waals surface area contributed by atoms with E-state index in [0.29, 0.717) is 18.5 Å². The van der Waals surface area contributed by atoms with Crippen LogP contribution in [-0.2, 0) is 11.3 Å². The number of benzene rings is 1. The number of non-ortho nitro benzene ring substituents is 1. The van der Waals surface area contributed by atoms with Crippen molar-refractivity contribution in [3.8, 4) is 0 Å². The standard InChI is InChI=1S/C13H17N3O5/c1-21-13(7-17)12(18)4-5-15-8-14-10-6-9(16(19)20)2-3-11(10)15/h2-3,6,8,12-13,17-18H,4-5,7H2,1H3. The third-order valence-corrected chi connectivity index (χ3v) is 3.39. The molecule has 0 aliphatic rings. The Kier molecular flexibility index (Phi) is 4.84. The molecule has 2 unspecified atom stereocenters. The molecule has 0 spiro atoms. The second-order valence-corrected chi connectivity index (χ2v) is 4.68. The van der Waals surface area contributed by atoms with E-state index >= 15 is 0 Å². The van der Waals surface area contributed by atoms with E-state index in [-0.39, 0.29) is 12.3 Å². The summed E-state index contributed by atoms with van der Waals surface area (Å²) < 4.78 is 6.76. The number of aliphatic hydroxyl groups excluding tert-OH is 2. The molecule has 0 bridgehead atoms. The highest BCUT2D eigenvalue weighted by molar-refractivity contribution is 5.77. The lowest BCUT2D eigenvalue weighted by Crippen LogP contribution is -2.32. The van der Waals surface area contributed by atoms with Gasteiger partial charge in [0.05, 0.1) is 35.0 Å². The first kappa shape index (κ1) is 15.4. The summed E-state index contributed by atoms with van der Waals surface area (Å²) in [7, 11) is 1.43. The molecule has 1 heterocycles. The van der Waals surface area contributed by atoms with Crippen molar-refractivity contribution in [1.82, 2.24) is 9.55 Å². The van der Waals surface area contributed by atoms with Crippen molar-refractivity contribution in [2.75, 3.05) is 13.7 Å². The van der Waals surface area contributed by atoms with Gasteiger partial charge < -0.3 is 19.5 Å². The van der Waals surface area contributed by atoms with Crippen LogP contribution >= 0.6 is 0 Å². The minimum absolute atomic E-state index is 0.00693. The Morgan fingerprint density at radius 3 is 2.90 bits per heavy atom. The molecule has 114 valence electrons. The Bertz CT molecular complexity index is 623. The summed E-state index contributed by atoms with van der Waals surface area (Å²) in [6, 6.07) is 4.46. The number of nitrogens with zero attached hydrogens (tertiary/aromatic N) is 3. The van der Waals surface area contributed by atoms with E-state index in [2.05, 4.69) is 4.98 Å². The minimum Gasteiger partial charge on any atom is -0.394 e. The molecule has 2 rings (SSSR count). The first-order valence-electron chi connectivity index (χ1n) is 6.47. The van der Waals surface area contributed by atoms with E-state index in [4.69, 9.17) is 9.84 Å². The third kappa shape index (κ3) is 3.35. The van der Waals surface area contributed by atoms with E-state index in [0.717, 1.165) is 5.52 Å². The summed E-state index contributed by atoms with van der Waals surface area (Å²) >= 11 is 0. The first-order chi connectivity index (χ1) is 10.1. The fourth-order valence-electron chi connectivity index (χ4n) is 2.15. The van der Waals surface area contributed by atoms with E-state index in [1.807, 2.05) is 0 Å². The second-order valence-electron chi connectivity index (χ2n) is 4.68. The molecule has 2 aromatic rings. The molecule has 2 atom stereocenters. The number of hydrogen-bond acceptors (Lipinski definition) is 6.